The fourth-order valence-corrected chi connectivity index (χ4v) is 6.03. The Kier molecular flexibility index (Phi) is 17.6. The number of methoxy groups -OCH3 is 1. The summed E-state index contributed by atoms with van der Waals surface area (Å²) in [5, 5.41) is 19.9. The third-order valence-corrected chi connectivity index (χ3v) is 8.12. The van der Waals surface area contributed by atoms with Gasteiger partial charge in [-0.3, -0.25) is 9.59 Å². The van der Waals surface area contributed by atoms with Crippen LogP contribution in [-0.4, -0.2) is 46.4 Å². The number of aliphatic hydroxyl groups excluding tert-OH is 1. The van der Waals surface area contributed by atoms with Crippen molar-refractivity contribution >= 4 is 23.7 Å². The summed E-state index contributed by atoms with van der Waals surface area (Å²) in [5.41, 5.74) is 1.27. The van der Waals surface area contributed by atoms with Crippen LogP contribution in [0.4, 0.5) is 0 Å². The van der Waals surface area contributed by atoms with Gasteiger partial charge in [-0.25, -0.2) is 0 Å². The zero-order valence-electron chi connectivity index (χ0n) is 21.1. The molecule has 6 heteroatoms. The van der Waals surface area contributed by atoms with Crippen LogP contribution in [0, 0.1) is 5.92 Å². The molecule has 0 saturated heterocycles. The number of hydrogen-bond donors (Lipinski definition) is 2. The molecule has 0 aliphatic heterocycles. The number of carbonyl (C=O) groups is 2. The highest BCUT2D eigenvalue weighted by molar-refractivity contribution is 8.00. The fourth-order valence-electron chi connectivity index (χ4n) is 4.65. The molecule has 1 aliphatic carbocycles. The van der Waals surface area contributed by atoms with Gasteiger partial charge in [-0.1, -0.05) is 82.8 Å². The Morgan fingerprint density at radius 3 is 2.18 bits per heavy atom. The van der Waals surface area contributed by atoms with Crippen molar-refractivity contribution in [3.63, 3.8) is 0 Å². The van der Waals surface area contributed by atoms with Gasteiger partial charge in [-0.2, -0.15) is 11.8 Å². The smallest absolute Gasteiger partial charge is 0.306 e. The standard InChI is InChI=1S/C27H48O5S/c1-3-4-5-6-7-8-9-10-11-12-13-14-15-23-17-16-22(18-19-24(28)29)26(31)27(23)33-21-20-25(30)32-2/h15,22,26-27,31H,3-14,16-21H2,1-2H3,(H,28,29)/t22?,26?,27-/m1/s1. The van der Waals surface area contributed by atoms with Crippen LogP contribution >= 0.6 is 11.8 Å². The highest BCUT2D eigenvalue weighted by atomic mass is 32.2. The lowest BCUT2D eigenvalue weighted by molar-refractivity contribution is -0.140. The van der Waals surface area contributed by atoms with Gasteiger partial charge in [0.2, 0.25) is 0 Å². The molecule has 2 N–H and O–H groups in total. The van der Waals surface area contributed by atoms with E-state index in [0.717, 1.165) is 19.3 Å². The van der Waals surface area contributed by atoms with Gasteiger partial charge in [-0.05, 0) is 38.0 Å². The van der Waals surface area contributed by atoms with Gasteiger partial charge < -0.3 is 14.9 Å². The summed E-state index contributed by atoms with van der Waals surface area (Å²) < 4.78 is 4.73. The first-order chi connectivity index (χ1) is 16.0. The van der Waals surface area contributed by atoms with Gasteiger partial charge in [0.1, 0.15) is 0 Å². The summed E-state index contributed by atoms with van der Waals surface area (Å²) in [7, 11) is 1.39. The minimum atomic E-state index is -0.810. The zero-order chi connectivity index (χ0) is 24.3. The van der Waals surface area contributed by atoms with Crippen molar-refractivity contribution in [3.05, 3.63) is 11.6 Å². The van der Waals surface area contributed by atoms with Crippen molar-refractivity contribution in [3.8, 4) is 0 Å². The first kappa shape index (κ1) is 30.0. The van der Waals surface area contributed by atoms with Crippen LogP contribution in [-0.2, 0) is 14.3 Å². The van der Waals surface area contributed by atoms with Crippen molar-refractivity contribution in [1.82, 2.24) is 0 Å². The Morgan fingerprint density at radius 2 is 1.61 bits per heavy atom. The molecule has 0 aromatic heterocycles. The van der Waals surface area contributed by atoms with E-state index in [0.29, 0.717) is 18.6 Å². The molecule has 0 spiro atoms. The largest absolute Gasteiger partial charge is 0.481 e. The molecular weight excluding hydrogens is 436 g/mol. The summed E-state index contributed by atoms with van der Waals surface area (Å²) in [4.78, 5) is 22.4. The molecule has 3 atom stereocenters. The maximum atomic E-state index is 11.5. The molecule has 1 saturated carbocycles. The second-order valence-electron chi connectivity index (χ2n) is 9.44. The van der Waals surface area contributed by atoms with Crippen LogP contribution in [0.3, 0.4) is 0 Å². The Balaban J connectivity index is 2.37. The molecule has 192 valence electrons. The molecule has 0 bridgehead atoms. The van der Waals surface area contributed by atoms with E-state index < -0.39 is 12.1 Å². The number of aliphatic carboxylic acids is 1. The number of rotatable bonds is 19. The molecule has 2 unspecified atom stereocenters. The highest BCUT2D eigenvalue weighted by Crippen LogP contribution is 2.39. The van der Waals surface area contributed by atoms with Crippen molar-refractivity contribution in [2.45, 2.75) is 127 Å². The quantitative estimate of drug-likeness (QED) is 0.118. The number of carboxylic acids is 1. The molecule has 0 radical (unpaired) electrons. The third-order valence-electron chi connectivity index (χ3n) is 6.74. The molecule has 33 heavy (non-hydrogen) atoms. The number of allylic oxidation sites excluding steroid dienone is 1. The fraction of sp³-hybridized carbons (Fsp3) is 0.852. The molecule has 1 aliphatic rings. The summed E-state index contributed by atoms with van der Waals surface area (Å²) in [6.07, 6.45) is 20.1. The molecule has 0 aromatic rings. The summed E-state index contributed by atoms with van der Waals surface area (Å²) in [5.74, 6) is -0.428. The Bertz CT molecular complexity index is 563. The van der Waals surface area contributed by atoms with Gasteiger partial charge in [0.05, 0.1) is 24.9 Å². The average molecular weight is 485 g/mol. The number of aliphatic hydroxyl groups is 1. The van der Waals surface area contributed by atoms with E-state index in [1.807, 2.05) is 0 Å². The lowest BCUT2D eigenvalue weighted by Crippen LogP contribution is -2.37. The number of esters is 1. The monoisotopic (exact) mass is 484 g/mol. The zero-order valence-corrected chi connectivity index (χ0v) is 21.9. The van der Waals surface area contributed by atoms with E-state index in [1.165, 1.54) is 83.3 Å². The Hall–Kier alpha value is -1.01. The highest BCUT2D eigenvalue weighted by Gasteiger charge is 2.35. The van der Waals surface area contributed by atoms with Crippen LogP contribution < -0.4 is 0 Å². The van der Waals surface area contributed by atoms with Gasteiger partial charge in [0.25, 0.3) is 0 Å². The number of thioether (sulfide) groups is 1. The topological polar surface area (TPSA) is 83.8 Å². The molecule has 1 fully saturated rings. The van der Waals surface area contributed by atoms with E-state index in [-0.39, 0.29) is 23.6 Å². The number of carbonyl (C=O) groups excluding carboxylic acids is 1. The van der Waals surface area contributed by atoms with Crippen molar-refractivity contribution in [2.24, 2.45) is 5.92 Å². The minimum absolute atomic E-state index is 0.0100. The van der Waals surface area contributed by atoms with E-state index in [1.54, 1.807) is 11.8 Å². The predicted molar refractivity (Wildman–Crippen MR) is 138 cm³/mol. The first-order valence-corrected chi connectivity index (χ1v) is 14.3. The van der Waals surface area contributed by atoms with Crippen molar-refractivity contribution in [1.29, 1.82) is 0 Å². The first-order valence-electron chi connectivity index (χ1n) is 13.3. The van der Waals surface area contributed by atoms with Crippen LogP contribution in [0.2, 0.25) is 0 Å². The average Bonchev–Trinajstić information content (AvgIpc) is 2.80. The van der Waals surface area contributed by atoms with E-state index >= 15 is 0 Å². The van der Waals surface area contributed by atoms with E-state index in [4.69, 9.17) is 9.84 Å². The molecule has 0 heterocycles. The van der Waals surface area contributed by atoms with Gasteiger partial charge >= 0.3 is 11.9 Å². The van der Waals surface area contributed by atoms with Gasteiger partial charge in [-0.15, -0.1) is 0 Å². The predicted octanol–water partition coefficient (Wildman–Crippen LogP) is 6.91. The van der Waals surface area contributed by atoms with Crippen LogP contribution in [0.1, 0.15) is 116 Å². The van der Waals surface area contributed by atoms with Crippen LogP contribution in [0.15, 0.2) is 11.6 Å². The van der Waals surface area contributed by atoms with Crippen LogP contribution in [0.25, 0.3) is 0 Å². The maximum Gasteiger partial charge on any atom is 0.306 e. The second kappa shape index (κ2) is 19.3. The summed E-state index contributed by atoms with van der Waals surface area (Å²) in [6, 6.07) is 0. The molecule has 1 rings (SSSR count). The molecular formula is C27H48O5S. The summed E-state index contributed by atoms with van der Waals surface area (Å²) >= 11 is 1.61. The Morgan fingerprint density at radius 1 is 1.00 bits per heavy atom. The van der Waals surface area contributed by atoms with Gasteiger partial charge in [0.15, 0.2) is 0 Å². The Labute approximate surface area is 206 Å². The van der Waals surface area contributed by atoms with Crippen LogP contribution in [0.5, 0.6) is 0 Å². The minimum Gasteiger partial charge on any atom is -0.481 e. The molecule has 0 amide bonds. The van der Waals surface area contributed by atoms with Crippen molar-refractivity contribution < 1.29 is 24.5 Å². The van der Waals surface area contributed by atoms with Gasteiger partial charge in [0, 0.05) is 12.2 Å². The number of carboxylic acid groups (broad SMARTS) is 1. The lowest BCUT2D eigenvalue weighted by atomic mass is 9.80. The van der Waals surface area contributed by atoms with Crippen molar-refractivity contribution in [2.75, 3.05) is 12.9 Å². The lowest BCUT2D eigenvalue weighted by Gasteiger charge is -2.36. The normalized spacial score (nSPS) is 21.9. The third kappa shape index (κ3) is 14.1. The number of hydrogen-bond acceptors (Lipinski definition) is 5. The number of unbranched alkanes of at least 4 members (excludes halogenated alkanes) is 11. The maximum absolute atomic E-state index is 11.5. The SMILES string of the molecule is CCCCCCCCCCCCCC=C1CCC(CCC(=O)O)C(O)[C@@H]1SCCC(=O)OC. The molecule has 0 aromatic carbocycles. The molecule has 5 nitrogen and oxygen atoms in total. The van der Waals surface area contributed by atoms with E-state index in [9.17, 15) is 14.7 Å². The number of ether oxygens (including phenoxy) is 1. The summed E-state index contributed by atoms with van der Waals surface area (Å²) in [6.45, 7) is 2.26. The van der Waals surface area contributed by atoms with E-state index in [2.05, 4.69) is 13.0 Å². The second-order valence-corrected chi connectivity index (χ2v) is 10.7.